The molecule has 1 heterocycles. The quantitative estimate of drug-likeness (QED) is 0.812. The highest BCUT2D eigenvalue weighted by atomic mass is 79.9. The molecule has 0 aromatic heterocycles. The van der Waals surface area contributed by atoms with Gasteiger partial charge in [0.05, 0.1) is 4.47 Å². The maximum Gasteiger partial charge on any atom is 0.245 e. The van der Waals surface area contributed by atoms with Crippen LogP contribution in [-0.2, 0) is 14.8 Å². The lowest BCUT2D eigenvalue weighted by Gasteiger charge is -2.27. The molecule has 1 aromatic rings. The molecule has 8 heteroatoms. The Labute approximate surface area is 132 Å². The topological polar surface area (TPSA) is 72.6 Å². The third-order valence-corrected chi connectivity index (χ3v) is 5.96. The van der Waals surface area contributed by atoms with Gasteiger partial charge in [0.25, 0.3) is 0 Å². The van der Waals surface area contributed by atoms with E-state index < -0.39 is 20.7 Å². The molecule has 0 radical (unpaired) electrons. The second kappa shape index (κ2) is 6.60. The van der Waals surface area contributed by atoms with Crippen LogP contribution in [0.5, 0.6) is 0 Å². The fourth-order valence-electron chi connectivity index (χ4n) is 2.33. The fraction of sp³-hybridized carbons (Fsp3) is 0.538. The molecule has 5 nitrogen and oxygen atoms in total. The van der Waals surface area contributed by atoms with Crippen molar-refractivity contribution < 1.29 is 17.5 Å². The van der Waals surface area contributed by atoms with Gasteiger partial charge in [0, 0.05) is 32.5 Å². The third-order valence-electron chi connectivity index (χ3n) is 3.56. The number of rotatable bonds is 4. The minimum atomic E-state index is -3.91. The Kier molecular flexibility index (Phi) is 5.24. The number of anilines is 1. The van der Waals surface area contributed by atoms with Crippen LogP contribution in [-0.4, -0.2) is 39.5 Å². The van der Waals surface area contributed by atoms with E-state index in [2.05, 4.69) is 15.9 Å². The summed E-state index contributed by atoms with van der Waals surface area (Å²) in [5.74, 6) is -0.589. The Bertz CT molecular complexity index is 618. The van der Waals surface area contributed by atoms with Crippen molar-refractivity contribution in [3.8, 4) is 0 Å². The van der Waals surface area contributed by atoms with Crippen molar-refractivity contribution in [2.75, 3.05) is 32.5 Å². The molecule has 1 aromatic carbocycles. The Morgan fingerprint density at radius 1 is 1.43 bits per heavy atom. The molecular formula is C13H18BrFN2O3S. The summed E-state index contributed by atoms with van der Waals surface area (Å²) >= 11 is 2.98. The highest BCUT2D eigenvalue weighted by Crippen LogP contribution is 2.28. The standard InChI is InChI=1S/C13H18BrFN2O3S/c1-17(8-9-2-4-20-5-3-9)21(18,19)12-7-10(16)6-11(14)13(12)15/h6-7,9H,2-5,8,16H2,1H3. The number of hydrogen-bond donors (Lipinski definition) is 1. The van der Waals surface area contributed by atoms with Gasteiger partial charge in [0.15, 0.2) is 5.82 Å². The first-order valence-corrected chi connectivity index (χ1v) is 8.84. The van der Waals surface area contributed by atoms with Gasteiger partial charge in [-0.1, -0.05) is 0 Å². The molecule has 1 saturated heterocycles. The minimum Gasteiger partial charge on any atom is -0.399 e. The zero-order chi connectivity index (χ0) is 15.6. The average Bonchev–Trinajstić information content (AvgIpc) is 2.43. The molecule has 2 rings (SSSR count). The van der Waals surface area contributed by atoms with Gasteiger partial charge in [-0.3, -0.25) is 0 Å². The zero-order valence-electron chi connectivity index (χ0n) is 11.7. The molecule has 0 unspecified atom stereocenters. The van der Waals surface area contributed by atoms with E-state index in [0.717, 1.165) is 18.9 Å². The first-order valence-electron chi connectivity index (χ1n) is 6.61. The zero-order valence-corrected chi connectivity index (χ0v) is 14.1. The van der Waals surface area contributed by atoms with Gasteiger partial charge in [-0.05, 0) is 46.8 Å². The van der Waals surface area contributed by atoms with Gasteiger partial charge in [0.1, 0.15) is 4.90 Å². The minimum absolute atomic E-state index is 0.0422. The molecule has 0 saturated carbocycles. The molecule has 0 aliphatic carbocycles. The number of sulfonamides is 1. The van der Waals surface area contributed by atoms with Crippen molar-refractivity contribution in [2.24, 2.45) is 5.92 Å². The second-order valence-corrected chi connectivity index (χ2v) is 8.02. The van der Waals surface area contributed by atoms with Crippen LogP contribution in [0.1, 0.15) is 12.8 Å². The maximum atomic E-state index is 14.1. The number of nitrogens with two attached hydrogens (primary N) is 1. The SMILES string of the molecule is CN(CC1CCOCC1)S(=O)(=O)c1cc(N)cc(Br)c1F. The van der Waals surface area contributed by atoms with Crippen LogP contribution in [0.15, 0.2) is 21.5 Å². The summed E-state index contributed by atoms with van der Waals surface area (Å²) in [5.41, 5.74) is 5.81. The average molecular weight is 381 g/mol. The number of halogens is 2. The smallest absolute Gasteiger partial charge is 0.245 e. The molecule has 0 atom stereocenters. The molecular weight excluding hydrogens is 363 g/mol. The van der Waals surface area contributed by atoms with Crippen LogP contribution in [0.25, 0.3) is 0 Å². The van der Waals surface area contributed by atoms with Gasteiger partial charge in [-0.25, -0.2) is 17.1 Å². The van der Waals surface area contributed by atoms with Crippen LogP contribution < -0.4 is 5.73 Å². The molecule has 21 heavy (non-hydrogen) atoms. The highest BCUT2D eigenvalue weighted by Gasteiger charge is 2.28. The summed E-state index contributed by atoms with van der Waals surface area (Å²) in [7, 11) is -2.45. The molecule has 1 fully saturated rings. The highest BCUT2D eigenvalue weighted by molar-refractivity contribution is 9.10. The van der Waals surface area contributed by atoms with E-state index in [1.54, 1.807) is 0 Å². The molecule has 118 valence electrons. The molecule has 1 aliphatic heterocycles. The Morgan fingerprint density at radius 3 is 2.67 bits per heavy atom. The summed E-state index contributed by atoms with van der Waals surface area (Å²) < 4.78 is 45.6. The van der Waals surface area contributed by atoms with Crippen LogP contribution in [0.3, 0.4) is 0 Å². The number of nitrogen functional groups attached to an aromatic ring is 1. The van der Waals surface area contributed by atoms with E-state index in [-0.39, 0.29) is 16.1 Å². The number of ether oxygens (including phenoxy) is 1. The van der Waals surface area contributed by atoms with Gasteiger partial charge in [0.2, 0.25) is 10.0 Å². The van der Waals surface area contributed by atoms with Crippen molar-refractivity contribution in [3.63, 3.8) is 0 Å². The predicted molar refractivity (Wildman–Crippen MR) is 81.9 cm³/mol. The van der Waals surface area contributed by atoms with Gasteiger partial charge < -0.3 is 10.5 Å². The predicted octanol–water partition coefficient (Wildman–Crippen LogP) is 2.22. The molecule has 0 bridgehead atoms. The summed E-state index contributed by atoms with van der Waals surface area (Å²) in [4.78, 5) is -0.399. The largest absolute Gasteiger partial charge is 0.399 e. The summed E-state index contributed by atoms with van der Waals surface area (Å²) in [6.07, 6.45) is 1.62. The number of hydrogen-bond acceptors (Lipinski definition) is 4. The van der Waals surface area contributed by atoms with Crippen molar-refractivity contribution in [1.82, 2.24) is 4.31 Å². The van der Waals surface area contributed by atoms with Gasteiger partial charge >= 0.3 is 0 Å². The first-order chi connectivity index (χ1) is 9.82. The lowest BCUT2D eigenvalue weighted by Crippen LogP contribution is -2.34. The number of nitrogens with zero attached hydrogens (tertiary/aromatic N) is 1. The van der Waals surface area contributed by atoms with Crippen molar-refractivity contribution in [2.45, 2.75) is 17.7 Å². The van der Waals surface area contributed by atoms with Crippen LogP contribution in [0.4, 0.5) is 10.1 Å². The van der Waals surface area contributed by atoms with E-state index in [9.17, 15) is 12.8 Å². The van der Waals surface area contributed by atoms with Crippen molar-refractivity contribution in [3.05, 3.63) is 22.4 Å². The van der Waals surface area contributed by atoms with Crippen LogP contribution in [0, 0.1) is 11.7 Å². The van der Waals surface area contributed by atoms with Gasteiger partial charge in [-0.15, -0.1) is 0 Å². The van der Waals surface area contributed by atoms with E-state index in [0.29, 0.717) is 19.8 Å². The van der Waals surface area contributed by atoms with Crippen molar-refractivity contribution >= 4 is 31.6 Å². The molecule has 0 spiro atoms. The Morgan fingerprint density at radius 2 is 2.05 bits per heavy atom. The lowest BCUT2D eigenvalue weighted by molar-refractivity contribution is 0.0620. The van der Waals surface area contributed by atoms with E-state index in [1.165, 1.54) is 17.4 Å². The molecule has 1 aliphatic rings. The molecule has 0 amide bonds. The van der Waals surface area contributed by atoms with Crippen LogP contribution in [0.2, 0.25) is 0 Å². The summed E-state index contributed by atoms with van der Waals surface area (Å²) in [5, 5.41) is 0. The normalized spacial score (nSPS) is 17.3. The second-order valence-electron chi connectivity index (χ2n) is 5.16. The number of benzene rings is 1. The van der Waals surface area contributed by atoms with Crippen molar-refractivity contribution in [1.29, 1.82) is 0 Å². The third kappa shape index (κ3) is 3.74. The fourth-order valence-corrected chi connectivity index (χ4v) is 4.30. The maximum absolute atomic E-state index is 14.1. The Hall–Kier alpha value is -0.700. The van der Waals surface area contributed by atoms with E-state index in [4.69, 9.17) is 10.5 Å². The monoisotopic (exact) mass is 380 g/mol. The van der Waals surface area contributed by atoms with Crippen LogP contribution >= 0.6 is 15.9 Å². The van der Waals surface area contributed by atoms with E-state index in [1.807, 2.05) is 0 Å². The van der Waals surface area contributed by atoms with Gasteiger partial charge in [-0.2, -0.15) is 0 Å². The molecule has 2 N–H and O–H groups in total. The Balaban J connectivity index is 2.24. The summed E-state index contributed by atoms with van der Waals surface area (Å²) in [6, 6.07) is 2.49. The first kappa shape index (κ1) is 16.7. The van der Waals surface area contributed by atoms with E-state index >= 15 is 0 Å². The lowest BCUT2D eigenvalue weighted by atomic mass is 10.0. The summed E-state index contributed by atoms with van der Waals surface area (Å²) in [6.45, 7) is 1.62.